The first-order valence-corrected chi connectivity index (χ1v) is 9.07. The van der Waals surface area contributed by atoms with Crippen LogP contribution in [0.3, 0.4) is 0 Å². The van der Waals surface area contributed by atoms with Crippen LogP contribution in [0.4, 0.5) is 0 Å². The molecular formula is C18H18N2O3S. The summed E-state index contributed by atoms with van der Waals surface area (Å²) in [4.78, 5) is 18.6. The SMILES string of the molecule is O=C(c1ccccn1)N1CCSC(c2ccc3c(c2)OCO3)CC1. The summed E-state index contributed by atoms with van der Waals surface area (Å²) in [5.74, 6) is 2.56. The van der Waals surface area contributed by atoms with E-state index in [1.54, 1.807) is 12.3 Å². The summed E-state index contributed by atoms with van der Waals surface area (Å²) < 4.78 is 10.8. The van der Waals surface area contributed by atoms with Crippen LogP contribution in [-0.2, 0) is 0 Å². The molecule has 0 spiro atoms. The van der Waals surface area contributed by atoms with Gasteiger partial charge in [0.05, 0.1) is 0 Å². The average Bonchev–Trinajstić information content (AvgIpc) is 2.96. The van der Waals surface area contributed by atoms with Crippen molar-refractivity contribution in [3.63, 3.8) is 0 Å². The fourth-order valence-electron chi connectivity index (χ4n) is 3.00. The maximum Gasteiger partial charge on any atom is 0.272 e. The molecule has 1 fully saturated rings. The summed E-state index contributed by atoms with van der Waals surface area (Å²) in [6.45, 7) is 1.78. The summed E-state index contributed by atoms with van der Waals surface area (Å²) in [7, 11) is 0. The summed E-state index contributed by atoms with van der Waals surface area (Å²) in [6, 6.07) is 11.6. The molecule has 5 nitrogen and oxygen atoms in total. The number of hydrogen-bond acceptors (Lipinski definition) is 5. The van der Waals surface area contributed by atoms with Crippen LogP contribution in [0.2, 0.25) is 0 Å². The highest BCUT2D eigenvalue weighted by molar-refractivity contribution is 7.99. The minimum absolute atomic E-state index is 0.0162. The van der Waals surface area contributed by atoms with Gasteiger partial charge in [-0.15, -0.1) is 0 Å². The number of nitrogens with zero attached hydrogens (tertiary/aromatic N) is 2. The van der Waals surface area contributed by atoms with Crippen LogP contribution in [0.5, 0.6) is 11.5 Å². The van der Waals surface area contributed by atoms with Crippen LogP contribution in [0.15, 0.2) is 42.6 Å². The molecule has 1 amide bonds. The lowest BCUT2D eigenvalue weighted by Crippen LogP contribution is -2.33. The quantitative estimate of drug-likeness (QED) is 0.839. The third-order valence-corrected chi connectivity index (χ3v) is 5.61. The van der Waals surface area contributed by atoms with Gasteiger partial charge in [0.2, 0.25) is 6.79 Å². The number of benzene rings is 1. The van der Waals surface area contributed by atoms with Gasteiger partial charge in [-0.05, 0) is 36.2 Å². The van der Waals surface area contributed by atoms with Gasteiger partial charge in [0, 0.05) is 30.3 Å². The third kappa shape index (κ3) is 3.06. The fraction of sp³-hybridized carbons (Fsp3) is 0.333. The van der Waals surface area contributed by atoms with Crippen LogP contribution in [0, 0.1) is 0 Å². The first kappa shape index (κ1) is 15.3. The Kier molecular flexibility index (Phi) is 4.30. The predicted molar refractivity (Wildman–Crippen MR) is 92.5 cm³/mol. The molecule has 2 aliphatic heterocycles. The molecule has 2 aromatic rings. The number of amides is 1. The Labute approximate surface area is 145 Å². The smallest absolute Gasteiger partial charge is 0.272 e. The molecule has 4 rings (SSSR count). The molecular weight excluding hydrogens is 324 g/mol. The number of rotatable bonds is 2. The van der Waals surface area contributed by atoms with E-state index in [1.807, 2.05) is 34.9 Å². The molecule has 1 atom stereocenters. The largest absolute Gasteiger partial charge is 0.454 e. The van der Waals surface area contributed by atoms with Crippen molar-refractivity contribution in [2.45, 2.75) is 11.7 Å². The van der Waals surface area contributed by atoms with E-state index in [0.29, 0.717) is 17.7 Å². The second-order valence-corrected chi connectivity index (χ2v) is 7.08. The van der Waals surface area contributed by atoms with Gasteiger partial charge in [0.25, 0.3) is 5.91 Å². The maximum atomic E-state index is 12.6. The van der Waals surface area contributed by atoms with Gasteiger partial charge in [0.1, 0.15) is 5.69 Å². The van der Waals surface area contributed by atoms with Crippen molar-refractivity contribution < 1.29 is 14.3 Å². The fourth-order valence-corrected chi connectivity index (χ4v) is 4.23. The second-order valence-electron chi connectivity index (χ2n) is 5.77. The number of carbonyl (C=O) groups excluding carboxylic acids is 1. The number of thioether (sulfide) groups is 1. The normalized spacial score (nSPS) is 19.8. The zero-order valence-electron chi connectivity index (χ0n) is 13.2. The van der Waals surface area contributed by atoms with Crippen molar-refractivity contribution in [1.82, 2.24) is 9.88 Å². The van der Waals surface area contributed by atoms with E-state index in [9.17, 15) is 4.79 Å². The molecule has 6 heteroatoms. The molecule has 0 bridgehead atoms. The van der Waals surface area contributed by atoms with E-state index in [-0.39, 0.29) is 5.91 Å². The van der Waals surface area contributed by atoms with Crippen molar-refractivity contribution >= 4 is 17.7 Å². The van der Waals surface area contributed by atoms with Gasteiger partial charge >= 0.3 is 0 Å². The molecule has 1 aromatic carbocycles. The number of carbonyl (C=O) groups is 1. The van der Waals surface area contributed by atoms with Gasteiger partial charge in [-0.1, -0.05) is 12.1 Å². The van der Waals surface area contributed by atoms with Gasteiger partial charge in [-0.25, -0.2) is 0 Å². The molecule has 1 saturated heterocycles. The van der Waals surface area contributed by atoms with E-state index >= 15 is 0 Å². The number of aromatic nitrogens is 1. The highest BCUT2D eigenvalue weighted by Crippen LogP contribution is 2.40. The van der Waals surface area contributed by atoms with E-state index in [4.69, 9.17) is 9.47 Å². The van der Waals surface area contributed by atoms with Crippen molar-refractivity contribution in [2.75, 3.05) is 25.6 Å². The van der Waals surface area contributed by atoms with E-state index in [2.05, 4.69) is 17.1 Å². The standard InChI is InChI=1S/C18H18N2O3S/c21-18(14-3-1-2-7-19-14)20-8-6-17(24-10-9-20)13-4-5-15-16(11-13)23-12-22-15/h1-5,7,11,17H,6,8-10,12H2. The minimum atomic E-state index is 0.0162. The molecule has 0 aliphatic carbocycles. The third-order valence-electron chi connectivity index (χ3n) is 4.28. The number of ether oxygens (including phenoxy) is 2. The Morgan fingerprint density at radius 2 is 2.08 bits per heavy atom. The molecule has 124 valence electrons. The van der Waals surface area contributed by atoms with Crippen molar-refractivity contribution in [3.05, 3.63) is 53.9 Å². The van der Waals surface area contributed by atoms with Gasteiger partial charge in [0.15, 0.2) is 11.5 Å². The molecule has 0 saturated carbocycles. The zero-order valence-corrected chi connectivity index (χ0v) is 14.0. The number of fused-ring (bicyclic) bond motifs is 1. The Bertz CT molecular complexity index is 738. The number of pyridine rings is 1. The average molecular weight is 342 g/mol. The molecule has 0 radical (unpaired) electrons. The van der Waals surface area contributed by atoms with Crippen molar-refractivity contribution in [3.8, 4) is 11.5 Å². The Morgan fingerprint density at radius 3 is 2.96 bits per heavy atom. The summed E-state index contributed by atoms with van der Waals surface area (Å²) >= 11 is 1.89. The molecule has 2 aliphatic rings. The van der Waals surface area contributed by atoms with E-state index < -0.39 is 0 Å². The first-order valence-electron chi connectivity index (χ1n) is 8.03. The Balaban J connectivity index is 1.46. The van der Waals surface area contributed by atoms with Crippen LogP contribution in [-0.4, -0.2) is 41.4 Å². The van der Waals surface area contributed by atoms with Gasteiger partial charge < -0.3 is 14.4 Å². The van der Waals surface area contributed by atoms with Crippen LogP contribution >= 0.6 is 11.8 Å². The molecule has 1 aromatic heterocycles. The summed E-state index contributed by atoms with van der Waals surface area (Å²) in [6.07, 6.45) is 2.58. The molecule has 1 unspecified atom stereocenters. The topological polar surface area (TPSA) is 51.7 Å². The van der Waals surface area contributed by atoms with Crippen molar-refractivity contribution in [1.29, 1.82) is 0 Å². The molecule has 3 heterocycles. The zero-order chi connectivity index (χ0) is 16.4. The maximum absolute atomic E-state index is 12.6. The molecule has 24 heavy (non-hydrogen) atoms. The minimum Gasteiger partial charge on any atom is -0.454 e. The summed E-state index contributed by atoms with van der Waals surface area (Å²) in [5.41, 5.74) is 1.75. The van der Waals surface area contributed by atoms with Gasteiger partial charge in [-0.3, -0.25) is 9.78 Å². The van der Waals surface area contributed by atoms with Crippen LogP contribution in [0.25, 0.3) is 0 Å². The Morgan fingerprint density at radius 1 is 1.17 bits per heavy atom. The van der Waals surface area contributed by atoms with Gasteiger partial charge in [-0.2, -0.15) is 11.8 Å². The van der Waals surface area contributed by atoms with E-state index in [0.717, 1.165) is 36.8 Å². The first-order chi connectivity index (χ1) is 11.8. The highest BCUT2D eigenvalue weighted by Gasteiger charge is 2.24. The van der Waals surface area contributed by atoms with Crippen molar-refractivity contribution in [2.24, 2.45) is 0 Å². The monoisotopic (exact) mass is 342 g/mol. The second kappa shape index (κ2) is 6.73. The lowest BCUT2D eigenvalue weighted by atomic mass is 10.1. The van der Waals surface area contributed by atoms with E-state index in [1.165, 1.54) is 5.56 Å². The summed E-state index contributed by atoms with van der Waals surface area (Å²) in [5, 5.41) is 0.362. The lowest BCUT2D eigenvalue weighted by Gasteiger charge is -2.19. The predicted octanol–water partition coefficient (Wildman–Crippen LogP) is 3.13. The highest BCUT2D eigenvalue weighted by atomic mass is 32.2. The van der Waals surface area contributed by atoms with Crippen LogP contribution < -0.4 is 9.47 Å². The lowest BCUT2D eigenvalue weighted by molar-refractivity contribution is 0.0760. The number of hydrogen-bond donors (Lipinski definition) is 0. The van der Waals surface area contributed by atoms with Crippen LogP contribution in [0.1, 0.15) is 27.7 Å². The molecule has 0 N–H and O–H groups in total. The Hall–Kier alpha value is -2.21.